The molecular formula is C15H22ClNO. The first-order chi connectivity index (χ1) is 8.69. The lowest BCUT2D eigenvalue weighted by Gasteiger charge is -2.28. The molecule has 18 heavy (non-hydrogen) atoms. The van der Waals surface area contributed by atoms with Gasteiger partial charge in [-0.3, -0.25) is 0 Å². The number of aryl methyl sites for hydroxylation is 1. The van der Waals surface area contributed by atoms with E-state index in [4.69, 9.17) is 16.3 Å². The minimum Gasteiger partial charge on any atom is -0.373 e. The largest absolute Gasteiger partial charge is 0.373 e. The van der Waals surface area contributed by atoms with Gasteiger partial charge in [0.1, 0.15) is 0 Å². The van der Waals surface area contributed by atoms with Gasteiger partial charge in [-0.2, -0.15) is 0 Å². The quantitative estimate of drug-likeness (QED) is 0.898. The van der Waals surface area contributed by atoms with E-state index >= 15 is 0 Å². The van der Waals surface area contributed by atoms with Crippen molar-refractivity contribution in [1.29, 1.82) is 0 Å². The van der Waals surface area contributed by atoms with E-state index in [1.165, 1.54) is 18.4 Å². The van der Waals surface area contributed by atoms with E-state index < -0.39 is 0 Å². The Bertz CT molecular complexity index is 386. The van der Waals surface area contributed by atoms with Gasteiger partial charge in [-0.15, -0.1) is 0 Å². The summed E-state index contributed by atoms with van der Waals surface area (Å²) in [6, 6.07) is 6.82. The van der Waals surface area contributed by atoms with Crippen molar-refractivity contribution in [2.24, 2.45) is 0 Å². The number of hydrogen-bond acceptors (Lipinski definition) is 2. The molecule has 0 aliphatic heterocycles. The highest BCUT2D eigenvalue weighted by Gasteiger charge is 2.20. The van der Waals surface area contributed by atoms with Crippen molar-refractivity contribution in [3.8, 4) is 0 Å². The topological polar surface area (TPSA) is 21.3 Å². The zero-order valence-corrected chi connectivity index (χ0v) is 12.0. The van der Waals surface area contributed by atoms with Gasteiger partial charge in [0, 0.05) is 11.1 Å². The summed E-state index contributed by atoms with van der Waals surface area (Å²) < 4.78 is 5.97. The molecule has 0 saturated heterocycles. The van der Waals surface area contributed by atoms with Gasteiger partial charge in [-0.1, -0.05) is 23.7 Å². The van der Waals surface area contributed by atoms with Crippen LogP contribution in [0.1, 0.15) is 36.8 Å². The number of nitrogens with one attached hydrogen (secondary N) is 1. The summed E-state index contributed by atoms with van der Waals surface area (Å²) in [7, 11) is 2.04. The van der Waals surface area contributed by atoms with E-state index in [2.05, 4.69) is 24.4 Å². The second-order valence-corrected chi connectivity index (χ2v) is 5.58. The van der Waals surface area contributed by atoms with Gasteiger partial charge in [-0.05, 0) is 56.8 Å². The van der Waals surface area contributed by atoms with E-state index in [1.807, 2.05) is 13.1 Å². The second-order valence-electron chi connectivity index (χ2n) is 5.17. The van der Waals surface area contributed by atoms with Crippen molar-refractivity contribution in [3.63, 3.8) is 0 Å². The Balaban J connectivity index is 1.81. The Kier molecular flexibility index (Phi) is 5.04. The molecule has 0 radical (unpaired) electrons. The van der Waals surface area contributed by atoms with Crippen molar-refractivity contribution in [2.45, 2.75) is 51.4 Å². The van der Waals surface area contributed by atoms with Gasteiger partial charge in [-0.25, -0.2) is 0 Å². The van der Waals surface area contributed by atoms with Crippen LogP contribution in [0.2, 0.25) is 5.02 Å². The maximum absolute atomic E-state index is 6.20. The molecule has 1 N–H and O–H groups in total. The molecule has 0 aromatic heterocycles. The van der Waals surface area contributed by atoms with Crippen molar-refractivity contribution >= 4 is 11.6 Å². The fraction of sp³-hybridized carbons (Fsp3) is 0.600. The first kappa shape index (κ1) is 13.9. The molecule has 1 aliphatic carbocycles. The van der Waals surface area contributed by atoms with Gasteiger partial charge in [0.05, 0.1) is 12.7 Å². The summed E-state index contributed by atoms with van der Waals surface area (Å²) in [6.07, 6.45) is 5.11. The molecule has 2 nitrogen and oxygen atoms in total. The minimum absolute atomic E-state index is 0.395. The lowest BCUT2D eigenvalue weighted by atomic mass is 9.93. The van der Waals surface area contributed by atoms with E-state index in [9.17, 15) is 0 Å². The highest BCUT2D eigenvalue weighted by atomic mass is 35.5. The summed E-state index contributed by atoms with van der Waals surface area (Å²) in [5.74, 6) is 0. The monoisotopic (exact) mass is 267 g/mol. The van der Waals surface area contributed by atoms with Crippen molar-refractivity contribution < 1.29 is 4.74 Å². The fourth-order valence-corrected chi connectivity index (χ4v) is 2.78. The van der Waals surface area contributed by atoms with Crippen LogP contribution in [0.5, 0.6) is 0 Å². The standard InChI is InChI=1S/C15H22ClNO/c1-11-3-4-12(15(16)9-11)10-18-14-7-5-13(17-2)6-8-14/h3-4,9,13-14,17H,5-8,10H2,1-2H3. The third-order valence-corrected chi connectivity index (χ3v) is 4.12. The smallest absolute Gasteiger partial charge is 0.0735 e. The minimum atomic E-state index is 0.395. The van der Waals surface area contributed by atoms with Crippen molar-refractivity contribution in [2.75, 3.05) is 7.05 Å². The Labute approximate surface area is 115 Å². The highest BCUT2D eigenvalue weighted by Crippen LogP contribution is 2.24. The van der Waals surface area contributed by atoms with Gasteiger partial charge in [0.25, 0.3) is 0 Å². The zero-order chi connectivity index (χ0) is 13.0. The molecule has 3 heteroatoms. The lowest BCUT2D eigenvalue weighted by molar-refractivity contribution is 0.0119. The van der Waals surface area contributed by atoms with Crippen LogP contribution in [0.25, 0.3) is 0 Å². The van der Waals surface area contributed by atoms with Crippen LogP contribution < -0.4 is 5.32 Å². The number of benzene rings is 1. The number of ether oxygens (including phenoxy) is 1. The van der Waals surface area contributed by atoms with Crippen molar-refractivity contribution in [3.05, 3.63) is 34.3 Å². The number of halogens is 1. The molecule has 1 saturated carbocycles. The molecule has 0 amide bonds. The van der Waals surface area contributed by atoms with Crippen LogP contribution in [0.15, 0.2) is 18.2 Å². The highest BCUT2D eigenvalue weighted by molar-refractivity contribution is 6.31. The Morgan fingerprint density at radius 2 is 2.00 bits per heavy atom. The van der Waals surface area contributed by atoms with Crippen LogP contribution in [-0.4, -0.2) is 19.2 Å². The molecule has 100 valence electrons. The number of rotatable bonds is 4. The third kappa shape index (κ3) is 3.71. The summed E-state index contributed by atoms with van der Waals surface area (Å²) in [4.78, 5) is 0. The van der Waals surface area contributed by atoms with E-state index in [1.54, 1.807) is 0 Å². The zero-order valence-electron chi connectivity index (χ0n) is 11.2. The lowest BCUT2D eigenvalue weighted by Crippen LogP contribution is -2.32. The van der Waals surface area contributed by atoms with Gasteiger partial charge < -0.3 is 10.1 Å². The average molecular weight is 268 g/mol. The van der Waals surface area contributed by atoms with Gasteiger partial charge >= 0.3 is 0 Å². The predicted molar refractivity (Wildman–Crippen MR) is 76.1 cm³/mol. The van der Waals surface area contributed by atoms with E-state index in [-0.39, 0.29) is 0 Å². The normalized spacial score (nSPS) is 24.2. The second kappa shape index (κ2) is 6.55. The summed E-state index contributed by atoms with van der Waals surface area (Å²) in [5.41, 5.74) is 2.29. The molecule has 1 aromatic carbocycles. The summed E-state index contributed by atoms with van der Waals surface area (Å²) in [6.45, 7) is 2.68. The SMILES string of the molecule is CNC1CCC(OCc2ccc(C)cc2Cl)CC1. The van der Waals surface area contributed by atoms with Crippen molar-refractivity contribution in [1.82, 2.24) is 5.32 Å². The Morgan fingerprint density at radius 3 is 2.61 bits per heavy atom. The third-order valence-electron chi connectivity index (χ3n) is 3.77. The molecule has 0 bridgehead atoms. The van der Waals surface area contributed by atoms with Crippen LogP contribution >= 0.6 is 11.6 Å². The average Bonchev–Trinajstić information content (AvgIpc) is 2.38. The van der Waals surface area contributed by atoms with Crippen LogP contribution in [0.3, 0.4) is 0 Å². The Hall–Kier alpha value is -0.570. The first-order valence-corrected chi connectivity index (χ1v) is 7.10. The predicted octanol–water partition coefficient (Wildman–Crippen LogP) is 3.70. The molecule has 0 atom stereocenters. The maximum atomic E-state index is 6.20. The Morgan fingerprint density at radius 1 is 1.28 bits per heavy atom. The van der Waals surface area contributed by atoms with E-state index in [0.29, 0.717) is 18.8 Å². The summed E-state index contributed by atoms with van der Waals surface area (Å²) >= 11 is 6.20. The van der Waals surface area contributed by atoms with Crippen LogP contribution in [-0.2, 0) is 11.3 Å². The molecular weight excluding hydrogens is 246 g/mol. The number of hydrogen-bond donors (Lipinski definition) is 1. The van der Waals surface area contributed by atoms with Gasteiger partial charge in [0.2, 0.25) is 0 Å². The molecule has 1 fully saturated rings. The summed E-state index contributed by atoms with van der Waals surface area (Å²) in [5, 5.41) is 4.16. The van der Waals surface area contributed by atoms with Crippen LogP contribution in [0, 0.1) is 6.92 Å². The molecule has 0 unspecified atom stereocenters. The molecule has 0 spiro atoms. The molecule has 1 aliphatic rings. The fourth-order valence-electron chi connectivity index (χ4n) is 2.50. The maximum Gasteiger partial charge on any atom is 0.0735 e. The molecule has 2 rings (SSSR count). The molecule has 0 heterocycles. The van der Waals surface area contributed by atoms with E-state index in [0.717, 1.165) is 23.4 Å². The van der Waals surface area contributed by atoms with Gasteiger partial charge in [0.15, 0.2) is 0 Å². The first-order valence-electron chi connectivity index (χ1n) is 6.73. The van der Waals surface area contributed by atoms with Crippen LogP contribution in [0.4, 0.5) is 0 Å². The molecule has 1 aromatic rings.